The highest BCUT2D eigenvalue weighted by molar-refractivity contribution is 5.71. The molecule has 1 atom stereocenters. The predicted molar refractivity (Wildman–Crippen MR) is 302 cm³/mol. The zero-order valence-corrected chi connectivity index (χ0v) is 46.8. The van der Waals surface area contributed by atoms with Gasteiger partial charge in [0.2, 0.25) is 0 Å². The van der Waals surface area contributed by atoms with Gasteiger partial charge in [-0.25, -0.2) is 0 Å². The van der Waals surface area contributed by atoms with E-state index in [1.54, 1.807) is 0 Å². The van der Waals surface area contributed by atoms with Crippen LogP contribution < -0.4 is 0 Å². The van der Waals surface area contributed by atoms with Crippen LogP contribution in [0.4, 0.5) is 0 Å². The van der Waals surface area contributed by atoms with Crippen LogP contribution in [0.2, 0.25) is 0 Å². The Labute approximate surface area is 435 Å². The number of esters is 3. The second-order valence-corrected chi connectivity index (χ2v) is 20.6. The van der Waals surface area contributed by atoms with Crippen LogP contribution in [-0.4, -0.2) is 37.2 Å². The van der Waals surface area contributed by atoms with Gasteiger partial charge in [0.05, 0.1) is 0 Å². The Bertz CT molecular complexity index is 1220. The highest BCUT2D eigenvalue weighted by Gasteiger charge is 2.19. The first kappa shape index (κ1) is 67.4. The Hall–Kier alpha value is -2.63. The summed E-state index contributed by atoms with van der Waals surface area (Å²) in [5, 5.41) is 0. The van der Waals surface area contributed by atoms with Gasteiger partial charge in [-0.05, 0) is 83.5 Å². The Morgan fingerprint density at radius 3 is 0.786 bits per heavy atom. The molecule has 0 saturated heterocycles. The van der Waals surface area contributed by atoms with Crippen LogP contribution in [-0.2, 0) is 28.6 Å². The van der Waals surface area contributed by atoms with Crippen LogP contribution in [0.1, 0.15) is 323 Å². The summed E-state index contributed by atoms with van der Waals surface area (Å²) in [5.41, 5.74) is 0. The monoisotopic (exact) mass is 981 g/mol. The number of hydrogen-bond donors (Lipinski definition) is 0. The SMILES string of the molecule is CCCCCCC/C=C\C/C=C\CCCCCCCCCCCCCC(=O)OCC(COC(=O)CCCCCCCCCC)OC(=O)CCCCCCCCCCC/C=C\C/C=C\CCCCCCC. The van der Waals surface area contributed by atoms with Crippen molar-refractivity contribution < 1.29 is 28.6 Å². The molecule has 0 aliphatic heterocycles. The van der Waals surface area contributed by atoms with Gasteiger partial charge >= 0.3 is 17.9 Å². The molecule has 0 aromatic heterocycles. The van der Waals surface area contributed by atoms with Gasteiger partial charge in [-0.1, -0.05) is 268 Å². The molecule has 0 heterocycles. The van der Waals surface area contributed by atoms with Crippen molar-refractivity contribution in [2.75, 3.05) is 13.2 Å². The number of carbonyl (C=O) groups is 3. The van der Waals surface area contributed by atoms with Crippen molar-refractivity contribution in [3.63, 3.8) is 0 Å². The lowest BCUT2D eigenvalue weighted by atomic mass is 10.0. The number of hydrogen-bond acceptors (Lipinski definition) is 6. The highest BCUT2D eigenvalue weighted by Crippen LogP contribution is 2.16. The number of carbonyl (C=O) groups excluding carboxylic acids is 3. The third-order valence-corrected chi connectivity index (χ3v) is 13.6. The van der Waals surface area contributed by atoms with Gasteiger partial charge in [-0.15, -0.1) is 0 Å². The Balaban J connectivity index is 4.19. The van der Waals surface area contributed by atoms with Crippen molar-refractivity contribution in [2.45, 2.75) is 329 Å². The molecule has 0 fully saturated rings. The standard InChI is InChI=1S/C64H116O6/c1-4-7-10-13-16-19-21-23-25-27-29-31-32-34-35-37-39-41-43-45-48-51-54-57-63(66)69-60-61(59-68-62(65)56-53-50-47-18-15-12-9-6-3)70-64(67)58-55-52-49-46-44-42-40-38-36-33-30-28-26-24-22-20-17-14-11-8-5-2/h21-24,27-30,61H,4-20,25-26,31-60H2,1-3H3/b23-21-,24-22-,29-27-,30-28-. The molecule has 70 heavy (non-hydrogen) atoms. The first-order valence-corrected chi connectivity index (χ1v) is 30.6. The molecule has 0 aromatic carbocycles. The molecule has 0 spiro atoms. The van der Waals surface area contributed by atoms with Crippen LogP contribution in [0.15, 0.2) is 48.6 Å². The van der Waals surface area contributed by atoms with E-state index in [-0.39, 0.29) is 31.1 Å². The van der Waals surface area contributed by atoms with Gasteiger partial charge in [0.1, 0.15) is 13.2 Å². The predicted octanol–water partition coefficient (Wildman–Crippen LogP) is 20.6. The van der Waals surface area contributed by atoms with Crippen LogP contribution in [0.5, 0.6) is 0 Å². The maximum absolute atomic E-state index is 12.9. The molecule has 0 rings (SSSR count). The van der Waals surface area contributed by atoms with Crippen LogP contribution >= 0.6 is 0 Å². The van der Waals surface area contributed by atoms with E-state index in [2.05, 4.69) is 69.4 Å². The van der Waals surface area contributed by atoms with E-state index in [4.69, 9.17) is 14.2 Å². The number of rotatable bonds is 56. The molecule has 1 unspecified atom stereocenters. The molecule has 0 aliphatic carbocycles. The lowest BCUT2D eigenvalue weighted by molar-refractivity contribution is -0.167. The number of allylic oxidation sites excluding steroid dienone is 8. The highest BCUT2D eigenvalue weighted by atomic mass is 16.6. The van der Waals surface area contributed by atoms with E-state index in [1.165, 1.54) is 212 Å². The second-order valence-electron chi connectivity index (χ2n) is 20.6. The van der Waals surface area contributed by atoms with Gasteiger partial charge in [-0.3, -0.25) is 14.4 Å². The molecular formula is C64H116O6. The van der Waals surface area contributed by atoms with Crippen molar-refractivity contribution >= 4 is 17.9 Å². The summed E-state index contributed by atoms with van der Waals surface area (Å²) in [7, 11) is 0. The third kappa shape index (κ3) is 56.3. The third-order valence-electron chi connectivity index (χ3n) is 13.6. The molecule has 6 nitrogen and oxygen atoms in total. The fourth-order valence-corrected chi connectivity index (χ4v) is 8.92. The zero-order chi connectivity index (χ0) is 50.7. The van der Waals surface area contributed by atoms with Gasteiger partial charge in [-0.2, -0.15) is 0 Å². The molecule has 0 aromatic rings. The molecule has 0 radical (unpaired) electrons. The fourth-order valence-electron chi connectivity index (χ4n) is 8.92. The van der Waals surface area contributed by atoms with Gasteiger partial charge < -0.3 is 14.2 Å². The lowest BCUT2D eigenvalue weighted by Gasteiger charge is -2.18. The van der Waals surface area contributed by atoms with Crippen molar-refractivity contribution in [2.24, 2.45) is 0 Å². The minimum Gasteiger partial charge on any atom is -0.462 e. The van der Waals surface area contributed by atoms with Crippen LogP contribution in [0, 0.1) is 0 Å². The molecule has 6 heteroatoms. The van der Waals surface area contributed by atoms with Crippen molar-refractivity contribution in [1.29, 1.82) is 0 Å². The molecule has 0 N–H and O–H groups in total. The summed E-state index contributed by atoms with van der Waals surface area (Å²) in [6, 6.07) is 0. The topological polar surface area (TPSA) is 78.9 Å². The molecule has 408 valence electrons. The van der Waals surface area contributed by atoms with Gasteiger partial charge in [0.25, 0.3) is 0 Å². The lowest BCUT2D eigenvalue weighted by Crippen LogP contribution is -2.30. The van der Waals surface area contributed by atoms with Crippen LogP contribution in [0.3, 0.4) is 0 Å². The second kappa shape index (κ2) is 58.9. The molecular weight excluding hydrogens is 865 g/mol. The summed E-state index contributed by atoms with van der Waals surface area (Å²) >= 11 is 0. The van der Waals surface area contributed by atoms with E-state index < -0.39 is 6.10 Å². The summed E-state index contributed by atoms with van der Waals surface area (Å²) in [6.45, 7) is 6.62. The minimum atomic E-state index is -0.773. The smallest absolute Gasteiger partial charge is 0.306 e. The average Bonchev–Trinajstić information content (AvgIpc) is 3.36. The first-order valence-electron chi connectivity index (χ1n) is 30.6. The maximum Gasteiger partial charge on any atom is 0.306 e. The molecule has 0 amide bonds. The van der Waals surface area contributed by atoms with E-state index in [0.717, 1.165) is 70.6 Å². The Morgan fingerprint density at radius 1 is 0.286 bits per heavy atom. The van der Waals surface area contributed by atoms with Gasteiger partial charge in [0, 0.05) is 19.3 Å². The van der Waals surface area contributed by atoms with Crippen molar-refractivity contribution in [3.8, 4) is 0 Å². The molecule has 0 aliphatic rings. The first-order chi connectivity index (χ1) is 34.5. The van der Waals surface area contributed by atoms with E-state index in [9.17, 15) is 14.4 Å². The summed E-state index contributed by atoms with van der Waals surface area (Å²) in [4.78, 5) is 38.1. The summed E-state index contributed by atoms with van der Waals surface area (Å²) in [5.74, 6) is -0.868. The van der Waals surface area contributed by atoms with E-state index in [0.29, 0.717) is 19.3 Å². The van der Waals surface area contributed by atoms with E-state index >= 15 is 0 Å². The van der Waals surface area contributed by atoms with Crippen LogP contribution in [0.25, 0.3) is 0 Å². The summed E-state index contributed by atoms with van der Waals surface area (Å²) < 4.78 is 16.8. The largest absolute Gasteiger partial charge is 0.462 e. The summed E-state index contributed by atoms with van der Waals surface area (Å²) in [6.07, 6.45) is 72.7. The zero-order valence-electron chi connectivity index (χ0n) is 46.8. The van der Waals surface area contributed by atoms with Crippen molar-refractivity contribution in [1.82, 2.24) is 0 Å². The van der Waals surface area contributed by atoms with Crippen molar-refractivity contribution in [3.05, 3.63) is 48.6 Å². The quantitative estimate of drug-likeness (QED) is 0.0261. The number of ether oxygens (including phenoxy) is 3. The average molecular weight is 982 g/mol. The fraction of sp³-hybridized carbons (Fsp3) is 0.828. The normalized spacial score (nSPS) is 12.3. The molecule has 0 bridgehead atoms. The Morgan fingerprint density at radius 2 is 0.514 bits per heavy atom. The van der Waals surface area contributed by atoms with E-state index in [1.807, 2.05) is 0 Å². The number of unbranched alkanes of at least 4 members (excludes halogenated alkanes) is 37. The Kier molecular flexibility index (Phi) is 56.7. The maximum atomic E-state index is 12.9. The molecule has 0 saturated carbocycles. The van der Waals surface area contributed by atoms with Gasteiger partial charge in [0.15, 0.2) is 6.10 Å². The minimum absolute atomic E-state index is 0.0728.